The van der Waals surface area contributed by atoms with Crippen molar-refractivity contribution in [2.75, 3.05) is 0 Å². The van der Waals surface area contributed by atoms with Gasteiger partial charge in [-0.2, -0.15) is 4.98 Å². The molecule has 2 aliphatic rings. The first-order valence-corrected chi connectivity index (χ1v) is 6.62. The maximum Gasteiger partial charge on any atom is 0.237 e. The molecule has 2 heterocycles. The minimum atomic E-state index is -0.0509. The van der Waals surface area contributed by atoms with Gasteiger partial charge in [0.2, 0.25) is 12.3 Å². The van der Waals surface area contributed by atoms with Crippen LogP contribution in [0.3, 0.4) is 0 Å². The van der Waals surface area contributed by atoms with Crippen LogP contribution in [0.2, 0.25) is 0 Å². The Hall–Kier alpha value is -1.43. The lowest BCUT2D eigenvalue weighted by molar-refractivity contribution is -0.123. The molecule has 1 aliphatic carbocycles. The molecule has 1 saturated carbocycles. The maximum absolute atomic E-state index is 12.0. The summed E-state index contributed by atoms with van der Waals surface area (Å²) < 4.78 is 4.62. The summed E-state index contributed by atoms with van der Waals surface area (Å²) in [6.07, 6.45) is 7.28. The van der Waals surface area contributed by atoms with Crippen LogP contribution in [0.15, 0.2) is 10.9 Å². The number of amides is 1. The Morgan fingerprint density at radius 2 is 2.39 bits per heavy atom. The van der Waals surface area contributed by atoms with Crippen LogP contribution in [0.1, 0.15) is 37.9 Å². The van der Waals surface area contributed by atoms with Gasteiger partial charge in [0.1, 0.15) is 0 Å². The van der Waals surface area contributed by atoms with Gasteiger partial charge in [0.15, 0.2) is 5.82 Å². The number of nitrogens with one attached hydrogen (secondary N) is 2. The van der Waals surface area contributed by atoms with Crippen LogP contribution in [-0.4, -0.2) is 28.1 Å². The average molecular weight is 250 g/mol. The second-order valence-corrected chi connectivity index (χ2v) is 5.17. The fourth-order valence-electron chi connectivity index (χ4n) is 3.08. The van der Waals surface area contributed by atoms with E-state index >= 15 is 0 Å². The summed E-state index contributed by atoms with van der Waals surface area (Å²) in [6, 6.07) is 0.490. The third kappa shape index (κ3) is 2.38. The zero-order valence-corrected chi connectivity index (χ0v) is 10.3. The van der Waals surface area contributed by atoms with Crippen LogP contribution in [0.25, 0.3) is 0 Å². The van der Waals surface area contributed by atoms with Gasteiger partial charge < -0.3 is 15.2 Å². The summed E-state index contributed by atoms with van der Waals surface area (Å²) in [7, 11) is 0. The number of rotatable bonds is 3. The van der Waals surface area contributed by atoms with Gasteiger partial charge in [-0.3, -0.25) is 4.79 Å². The van der Waals surface area contributed by atoms with Gasteiger partial charge in [0.05, 0.1) is 12.6 Å². The average Bonchev–Trinajstić information content (AvgIpc) is 3.04. The fourth-order valence-corrected chi connectivity index (χ4v) is 3.08. The predicted octanol–water partition coefficient (Wildman–Crippen LogP) is 0.606. The van der Waals surface area contributed by atoms with Gasteiger partial charge in [0, 0.05) is 6.04 Å². The monoisotopic (exact) mass is 250 g/mol. The third-order valence-corrected chi connectivity index (χ3v) is 4.01. The van der Waals surface area contributed by atoms with E-state index in [1.54, 1.807) is 0 Å². The van der Waals surface area contributed by atoms with Crippen molar-refractivity contribution >= 4 is 5.91 Å². The minimum Gasteiger partial charge on any atom is -0.347 e. The molecule has 2 fully saturated rings. The van der Waals surface area contributed by atoms with E-state index in [0.29, 0.717) is 24.3 Å². The van der Waals surface area contributed by atoms with E-state index in [1.807, 2.05) is 0 Å². The first-order chi connectivity index (χ1) is 8.83. The molecule has 0 spiro atoms. The first-order valence-electron chi connectivity index (χ1n) is 6.62. The van der Waals surface area contributed by atoms with Crippen molar-refractivity contribution in [1.29, 1.82) is 0 Å². The highest BCUT2D eigenvalue weighted by molar-refractivity contribution is 5.82. The zero-order chi connectivity index (χ0) is 12.4. The number of nitrogens with zero attached hydrogens (tertiary/aromatic N) is 2. The Labute approximate surface area is 106 Å². The predicted molar refractivity (Wildman–Crippen MR) is 63.4 cm³/mol. The summed E-state index contributed by atoms with van der Waals surface area (Å²) in [5, 5.41) is 9.96. The van der Waals surface area contributed by atoms with Crippen LogP contribution in [0.5, 0.6) is 0 Å². The van der Waals surface area contributed by atoms with Crippen molar-refractivity contribution in [2.45, 2.75) is 50.7 Å². The van der Waals surface area contributed by atoms with Gasteiger partial charge >= 0.3 is 0 Å². The van der Waals surface area contributed by atoms with Crippen molar-refractivity contribution in [3.63, 3.8) is 0 Å². The third-order valence-electron chi connectivity index (χ3n) is 4.01. The van der Waals surface area contributed by atoms with Crippen molar-refractivity contribution in [3.8, 4) is 0 Å². The van der Waals surface area contributed by atoms with Crippen LogP contribution in [0.4, 0.5) is 0 Å². The van der Waals surface area contributed by atoms with Crippen LogP contribution < -0.4 is 10.6 Å². The van der Waals surface area contributed by atoms with E-state index in [1.165, 1.54) is 32.1 Å². The summed E-state index contributed by atoms with van der Waals surface area (Å²) >= 11 is 0. The lowest BCUT2D eigenvalue weighted by Gasteiger charge is -2.24. The Morgan fingerprint density at radius 1 is 1.50 bits per heavy atom. The highest BCUT2D eigenvalue weighted by Crippen LogP contribution is 2.33. The van der Waals surface area contributed by atoms with Crippen molar-refractivity contribution in [1.82, 2.24) is 20.8 Å². The lowest BCUT2D eigenvalue weighted by Crippen LogP contribution is -2.43. The maximum atomic E-state index is 12.0. The van der Waals surface area contributed by atoms with E-state index in [4.69, 9.17) is 0 Å². The largest absolute Gasteiger partial charge is 0.347 e. The molecule has 2 N–H and O–H groups in total. The van der Waals surface area contributed by atoms with Crippen LogP contribution in [-0.2, 0) is 11.3 Å². The highest BCUT2D eigenvalue weighted by atomic mass is 16.5. The molecule has 1 aliphatic heterocycles. The molecule has 6 nitrogen and oxygen atoms in total. The molecule has 3 unspecified atom stereocenters. The summed E-state index contributed by atoms with van der Waals surface area (Å²) in [4.78, 5) is 15.9. The molecule has 3 rings (SSSR count). The molecule has 1 amide bonds. The number of carbonyl (C=O) groups is 1. The van der Waals surface area contributed by atoms with Crippen molar-refractivity contribution in [3.05, 3.63) is 12.2 Å². The number of aromatic nitrogens is 2. The molecule has 6 heteroatoms. The second-order valence-electron chi connectivity index (χ2n) is 5.17. The molecule has 98 valence electrons. The van der Waals surface area contributed by atoms with Gasteiger partial charge in [-0.05, 0) is 25.2 Å². The van der Waals surface area contributed by atoms with Gasteiger partial charge in [-0.25, -0.2) is 0 Å². The van der Waals surface area contributed by atoms with E-state index in [-0.39, 0.29) is 11.9 Å². The Balaban J connectivity index is 1.51. The second kappa shape index (κ2) is 5.06. The molecule has 3 atom stereocenters. The van der Waals surface area contributed by atoms with Gasteiger partial charge in [-0.15, -0.1) is 0 Å². The quantitative estimate of drug-likeness (QED) is 0.821. The molecule has 1 saturated heterocycles. The SMILES string of the molecule is O=C(NCc1ncon1)C1CC2CCCCC2N1. The van der Waals surface area contributed by atoms with Gasteiger partial charge in [-0.1, -0.05) is 18.0 Å². The fraction of sp³-hybridized carbons (Fsp3) is 0.750. The lowest BCUT2D eigenvalue weighted by atomic mass is 9.85. The molecule has 0 bridgehead atoms. The van der Waals surface area contributed by atoms with Gasteiger partial charge in [0.25, 0.3) is 0 Å². The van der Waals surface area contributed by atoms with Crippen molar-refractivity contribution in [2.24, 2.45) is 5.92 Å². The minimum absolute atomic E-state index is 0.0502. The van der Waals surface area contributed by atoms with Crippen LogP contribution in [0, 0.1) is 5.92 Å². The number of hydrogen-bond acceptors (Lipinski definition) is 5. The smallest absolute Gasteiger partial charge is 0.237 e. The van der Waals surface area contributed by atoms with E-state index in [9.17, 15) is 4.79 Å². The number of hydrogen-bond donors (Lipinski definition) is 2. The topological polar surface area (TPSA) is 80.1 Å². The molecule has 1 aromatic heterocycles. The standard InChI is InChI=1S/C12H18N4O2/c17-12(13-6-11-14-7-18-16-11)10-5-8-3-1-2-4-9(8)15-10/h7-10,15H,1-6H2,(H,13,17). The molecule has 0 aromatic carbocycles. The summed E-state index contributed by atoms with van der Waals surface area (Å²) in [5.41, 5.74) is 0. The molecular formula is C12H18N4O2. The van der Waals surface area contributed by atoms with E-state index in [0.717, 1.165) is 6.42 Å². The summed E-state index contributed by atoms with van der Waals surface area (Å²) in [6.45, 7) is 0.336. The normalized spacial score (nSPS) is 31.0. The molecular weight excluding hydrogens is 232 g/mol. The highest BCUT2D eigenvalue weighted by Gasteiger charge is 2.38. The Kier molecular flexibility index (Phi) is 3.27. The number of fused-ring (bicyclic) bond motifs is 1. The molecule has 1 aromatic rings. The molecule has 0 radical (unpaired) electrons. The van der Waals surface area contributed by atoms with E-state index < -0.39 is 0 Å². The van der Waals surface area contributed by atoms with Crippen LogP contribution >= 0.6 is 0 Å². The Bertz CT molecular complexity index is 392. The summed E-state index contributed by atoms with van der Waals surface area (Å²) in [5.74, 6) is 1.24. The van der Waals surface area contributed by atoms with E-state index in [2.05, 4.69) is 25.3 Å². The zero-order valence-electron chi connectivity index (χ0n) is 10.3. The van der Waals surface area contributed by atoms with Crippen molar-refractivity contribution < 1.29 is 9.32 Å². The first kappa shape index (κ1) is 11.6. The number of carbonyl (C=O) groups excluding carboxylic acids is 1. The Morgan fingerprint density at radius 3 is 3.17 bits per heavy atom. The molecule has 18 heavy (non-hydrogen) atoms.